The highest BCUT2D eigenvalue weighted by Crippen LogP contribution is 2.13. The third-order valence-electron chi connectivity index (χ3n) is 2.92. The number of carbonyl (C=O) groups is 2. The van der Waals surface area contributed by atoms with E-state index >= 15 is 0 Å². The molecule has 0 radical (unpaired) electrons. The van der Waals surface area contributed by atoms with Crippen LogP contribution in [0.25, 0.3) is 6.08 Å². The van der Waals surface area contributed by atoms with Gasteiger partial charge in [0, 0.05) is 17.7 Å². The molecule has 0 saturated heterocycles. The summed E-state index contributed by atoms with van der Waals surface area (Å²) in [5.74, 6) is -0.529. The molecule has 0 saturated carbocycles. The first-order chi connectivity index (χ1) is 10.1. The fourth-order valence-electron chi connectivity index (χ4n) is 1.68. The molecule has 0 aliphatic carbocycles. The molecule has 0 fully saturated rings. The Kier molecular flexibility index (Phi) is 7.18. The van der Waals surface area contributed by atoms with E-state index in [0.717, 1.165) is 11.3 Å². The number of rotatable bonds is 7. The zero-order chi connectivity index (χ0) is 15.7. The van der Waals surface area contributed by atoms with Crippen LogP contribution in [0.3, 0.4) is 0 Å². The summed E-state index contributed by atoms with van der Waals surface area (Å²) in [6.07, 6.45) is 3.70. The van der Waals surface area contributed by atoms with Gasteiger partial charge in [0.15, 0.2) is 0 Å². The van der Waals surface area contributed by atoms with Gasteiger partial charge < -0.3 is 15.8 Å². The average molecular weight is 290 g/mol. The summed E-state index contributed by atoms with van der Waals surface area (Å²) in [5, 5.41) is 2.83. The number of benzene rings is 1. The Hall–Kier alpha value is -2.14. The smallest absolute Gasteiger partial charge is 0.330 e. The number of nitrogens with two attached hydrogens (primary N) is 1. The first kappa shape index (κ1) is 16.9. The number of hydrogen-bond donors (Lipinski definition) is 2. The van der Waals surface area contributed by atoms with E-state index in [0.29, 0.717) is 19.6 Å². The van der Waals surface area contributed by atoms with Gasteiger partial charge in [0.2, 0.25) is 5.91 Å². The van der Waals surface area contributed by atoms with Crippen molar-refractivity contribution in [3.05, 3.63) is 35.9 Å². The van der Waals surface area contributed by atoms with Crippen molar-refractivity contribution in [2.75, 3.05) is 18.5 Å². The van der Waals surface area contributed by atoms with Crippen LogP contribution in [0.5, 0.6) is 0 Å². The fourth-order valence-corrected chi connectivity index (χ4v) is 1.68. The van der Waals surface area contributed by atoms with Gasteiger partial charge in [0.1, 0.15) is 0 Å². The number of esters is 1. The summed E-state index contributed by atoms with van der Waals surface area (Å²) in [5.41, 5.74) is 7.01. The van der Waals surface area contributed by atoms with Crippen molar-refractivity contribution in [1.82, 2.24) is 0 Å². The summed E-state index contributed by atoms with van der Waals surface area (Å²) in [7, 11) is 0. The molecule has 5 nitrogen and oxygen atoms in total. The van der Waals surface area contributed by atoms with Crippen molar-refractivity contribution in [1.29, 1.82) is 0 Å². The van der Waals surface area contributed by atoms with Crippen LogP contribution in [0.1, 0.15) is 25.8 Å². The first-order valence-corrected chi connectivity index (χ1v) is 7.02. The molecule has 1 aromatic rings. The second-order valence-electron chi connectivity index (χ2n) is 4.68. The molecule has 21 heavy (non-hydrogen) atoms. The van der Waals surface area contributed by atoms with Crippen molar-refractivity contribution in [3.8, 4) is 0 Å². The number of anilines is 1. The summed E-state index contributed by atoms with van der Waals surface area (Å²) in [6.45, 7) is 4.45. The Balaban J connectivity index is 2.58. The summed E-state index contributed by atoms with van der Waals surface area (Å²) in [4.78, 5) is 23.0. The highest BCUT2D eigenvalue weighted by molar-refractivity contribution is 5.92. The Bertz CT molecular complexity index is 495. The van der Waals surface area contributed by atoms with Gasteiger partial charge >= 0.3 is 5.97 Å². The molecular formula is C16H22N2O3. The lowest BCUT2D eigenvalue weighted by Gasteiger charge is -2.11. The molecule has 1 amide bonds. The van der Waals surface area contributed by atoms with Gasteiger partial charge in [-0.3, -0.25) is 4.79 Å². The van der Waals surface area contributed by atoms with Gasteiger partial charge in [0.25, 0.3) is 0 Å². The molecule has 0 aliphatic rings. The minimum atomic E-state index is -0.370. The highest BCUT2D eigenvalue weighted by atomic mass is 16.5. The fraction of sp³-hybridized carbons (Fsp3) is 0.375. The lowest BCUT2D eigenvalue weighted by Crippen LogP contribution is -2.22. The highest BCUT2D eigenvalue weighted by Gasteiger charge is 2.11. The average Bonchev–Trinajstić information content (AvgIpc) is 2.47. The predicted octanol–water partition coefficient (Wildman–Crippen LogP) is 2.19. The molecule has 1 aromatic carbocycles. The zero-order valence-electron chi connectivity index (χ0n) is 12.5. The van der Waals surface area contributed by atoms with E-state index in [-0.39, 0.29) is 17.8 Å². The Morgan fingerprint density at radius 1 is 1.33 bits per heavy atom. The third-order valence-corrected chi connectivity index (χ3v) is 2.92. The summed E-state index contributed by atoms with van der Waals surface area (Å²) in [6, 6.07) is 7.22. The topological polar surface area (TPSA) is 81.4 Å². The molecule has 0 aliphatic heterocycles. The maximum Gasteiger partial charge on any atom is 0.330 e. The van der Waals surface area contributed by atoms with Crippen LogP contribution in [0.4, 0.5) is 5.69 Å². The van der Waals surface area contributed by atoms with Crippen LogP contribution < -0.4 is 11.1 Å². The van der Waals surface area contributed by atoms with Crippen molar-refractivity contribution < 1.29 is 14.3 Å². The Morgan fingerprint density at radius 3 is 2.57 bits per heavy atom. The number of ether oxygens (including phenoxy) is 1. The zero-order valence-corrected chi connectivity index (χ0v) is 12.5. The van der Waals surface area contributed by atoms with Gasteiger partial charge in [-0.25, -0.2) is 4.79 Å². The lowest BCUT2D eigenvalue weighted by molar-refractivity contribution is -0.137. The summed E-state index contributed by atoms with van der Waals surface area (Å²) >= 11 is 0. The molecule has 3 N–H and O–H groups in total. The molecular weight excluding hydrogens is 268 g/mol. The van der Waals surface area contributed by atoms with E-state index in [1.807, 2.05) is 19.1 Å². The molecule has 5 heteroatoms. The van der Waals surface area contributed by atoms with Crippen LogP contribution in [0, 0.1) is 5.92 Å². The molecule has 1 unspecified atom stereocenters. The van der Waals surface area contributed by atoms with E-state index in [1.54, 1.807) is 25.1 Å². The van der Waals surface area contributed by atoms with Crippen LogP contribution in [-0.2, 0) is 14.3 Å². The SMILES string of the molecule is CCOC(=O)/C=C/c1ccc(NC(=O)C(C)CCN)cc1. The largest absolute Gasteiger partial charge is 0.463 e. The minimum Gasteiger partial charge on any atom is -0.463 e. The van der Waals surface area contributed by atoms with Crippen LogP contribution in [0.15, 0.2) is 30.3 Å². The Labute approximate surface area is 125 Å². The van der Waals surface area contributed by atoms with Crippen LogP contribution in [0.2, 0.25) is 0 Å². The van der Waals surface area contributed by atoms with Crippen LogP contribution >= 0.6 is 0 Å². The molecule has 0 heterocycles. The number of hydrogen-bond acceptors (Lipinski definition) is 4. The van der Waals surface area contributed by atoms with Crippen LogP contribution in [-0.4, -0.2) is 25.0 Å². The predicted molar refractivity (Wildman–Crippen MR) is 83.6 cm³/mol. The van der Waals surface area contributed by atoms with Crippen molar-refractivity contribution in [3.63, 3.8) is 0 Å². The third kappa shape index (κ3) is 6.23. The number of carbonyl (C=O) groups excluding carboxylic acids is 2. The van der Waals surface area contributed by atoms with E-state index in [2.05, 4.69) is 5.32 Å². The first-order valence-electron chi connectivity index (χ1n) is 7.02. The van der Waals surface area contributed by atoms with Gasteiger partial charge in [-0.15, -0.1) is 0 Å². The molecule has 1 rings (SSSR count). The quantitative estimate of drug-likeness (QED) is 0.596. The maximum atomic E-state index is 11.8. The van der Waals surface area contributed by atoms with Crippen molar-refractivity contribution in [2.24, 2.45) is 11.7 Å². The van der Waals surface area contributed by atoms with E-state index in [9.17, 15) is 9.59 Å². The number of nitrogens with one attached hydrogen (secondary N) is 1. The second-order valence-corrected chi connectivity index (χ2v) is 4.68. The Morgan fingerprint density at radius 2 is 2.00 bits per heavy atom. The standard InChI is InChI=1S/C16H22N2O3/c1-3-21-15(19)9-6-13-4-7-14(8-5-13)18-16(20)12(2)10-11-17/h4-9,12H,3,10-11,17H2,1-2H3,(H,18,20)/b9-6+. The normalized spacial score (nSPS) is 12.1. The maximum absolute atomic E-state index is 11.8. The van der Waals surface area contributed by atoms with E-state index in [4.69, 9.17) is 10.5 Å². The van der Waals surface area contributed by atoms with Crippen molar-refractivity contribution >= 4 is 23.6 Å². The molecule has 1 atom stereocenters. The van der Waals surface area contributed by atoms with Gasteiger partial charge in [-0.2, -0.15) is 0 Å². The molecule has 0 aromatic heterocycles. The van der Waals surface area contributed by atoms with E-state index in [1.165, 1.54) is 6.08 Å². The van der Waals surface area contributed by atoms with E-state index < -0.39 is 0 Å². The monoisotopic (exact) mass is 290 g/mol. The van der Waals surface area contributed by atoms with Gasteiger partial charge in [0.05, 0.1) is 6.61 Å². The molecule has 0 spiro atoms. The number of amides is 1. The molecule has 0 bridgehead atoms. The summed E-state index contributed by atoms with van der Waals surface area (Å²) < 4.78 is 4.80. The molecule has 114 valence electrons. The minimum absolute atomic E-state index is 0.0461. The second kappa shape index (κ2) is 8.92. The van der Waals surface area contributed by atoms with Crippen molar-refractivity contribution in [2.45, 2.75) is 20.3 Å². The van der Waals surface area contributed by atoms with Gasteiger partial charge in [-0.05, 0) is 43.7 Å². The lowest BCUT2D eigenvalue weighted by atomic mass is 10.1. The van der Waals surface area contributed by atoms with Gasteiger partial charge in [-0.1, -0.05) is 19.1 Å².